The number of rotatable bonds is 5. The largest absolute Gasteiger partial charge is 0.376 e. The molecule has 0 aliphatic heterocycles. The van der Waals surface area contributed by atoms with E-state index in [9.17, 15) is 4.79 Å². The van der Waals surface area contributed by atoms with Crippen LogP contribution >= 0.6 is 0 Å². The molecular weight excluding hydrogens is 252 g/mol. The molecule has 5 heteroatoms. The van der Waals surface area contributed by atoms with E-state index in [1.54, 1.807) is 6.20 Å². The van der Waals surface area contributed by atoms with E-state index in [1.807, 2.05) is 61.5 Å². The Labute approximate surface area is 118 Å². The summed E-state index contributed by atoms with van der Waals surface area (Å²) in [5.74, 6) is 0.749. The van der Waals surface area contributed by atoms with Crippen molar-refractivity contribution in [2.24, 2.45) is 0 Å². The van der Waals surface area contributed by atoms with Crippen LogP contribution in [-0.4, -0.2) is 31.5 Å². The standard InChI is InChI=1S/C15H18N4O/c1-19(2)14-9-8-13(10-17-14)18-15(20)11-16-12-6-4-3-5-7-12/h3-10,16H,11H2,1-2H3,(H,18,20). The van der Waals surface area contributed by atoms with Gasteiger partial charge in [-0.25, -0.2) is 4.98 Å². The van der Waals surface area contributed by atoms with Crippen LogP contribution < -0.4 is 15.5 Å². The highest BCUT2D eigenvalue weighted by molar-refractivity contribution is 5.93. The third kappa shape index (κ3) is 3.98. The highest BCUT2D eigenvalue weighted by Crippen LogP contribution is 2.11. The number of aromatic nitrogens is 1. The van der Waals surface area contributed by atoms with Crippen molar-refractivity contribution in [1.29, 1.82) is 0 Å². The van der Waals surface area contributed by atoms with Gasteiger partial charge < -0.3 is 15.5 Å². The molecule has 1 aromatic heterocycles. The Morgan fingerprint density at radius 3 is 2.45 bits per heavy atom. The zero-order chi connectivity index (χ0) is 14.4. The van der Waals surface area contributed by atoms with Crippen LogP contribution in [0.4, 0.5) is 17.2 Å². The number of pyridine rings is 1. The number of anilines is 3. The molecule has 2 N–H and O–H groups in total. The number of carbonyl (C=O) groups excluding carboxylic acids is 1. The Hall–Kier alpha value is -2.56. The molecule has 1 heterocycles. The van der Waals surface area contributed by atoms with Crippen molar-refractivity contribution in [3.63, 3.8) is 0 Å². The van der Waals surface area contributed by atoms with Crippen LogP contribution in [0.25, 0.3) is 0 Å². The van der Waals surface area contributed by atoms with Crippen LogP contribution in [0.1, 0.15) is 0 Å². The molecule has 0 saturated heterocycles. The molecule has 0 radical (unpaired) electrons. The van der Waals surface area contributed by atoms with Crippen LogP contribution in [0, 0.1) is 0 Å². The lowest BCUT2D eigenvalue weighted by molar-refractivity contribution is -0.114. The maximum absolute atomic E-state index is 11.8. The number of hydrogen-bond acceptors (Lipinski definition) is 4. The molecule has 0 atom stereocenters. The molecule has 0 bridgehead atoms. The number of carbonyl (C=O) groups is 1. The van der Waals surface area contributed by atoms with Crippen LogP contribution in [0.3, 0.4) is 0 Å². The predicted octanol–water partition coefficient (Wildman–Crippen LogP) is 2.20. The fraction of sp³-hybridized carbons (Fsp3) is 0.200. The zero-order valence-corrected chi connectivity index (χ0v) is 11.6. The van der Waals surface area contributed by atoms with Crippen molar-refractivity contribution in [1.82, 2.24) is 4.98 Å². The minimum absolute atomic E-state index is 0.103. The monoisotopic (exact) mass is 270 g/mol. The van der Waals surface area contributed by atoms with E-state index in [0.29, 0.717) is 5.69 Å². The quantitative estimate of drug-likeness (QED) is 0.874. The van der Waals surface area contributed by atoms with Gasteiger partial charge in [0.05, 0.1) is 18.4 Å². The molecule has 0 unspecified atom stereocenters. The van der Waals surface area contributed by atoms with Crippen LogP contribution in [0.2, 0.25) is 0 Å². The summed E-state index contributed by atoms with van der Waals surface area (Å²) in [7, 11) is 3.84. The Balaban J connectivity index is 1.85. The zero-order valence-electron chi connectivity index (χ0n) is 11.6. The molecule has 0 fully saturated rings. The van der Waals surface area contributed by atoms with Gasteiger partial charge in [-0.1, -0.05) is 18.2 Å². The molecule has 0 aliphatic carbocycles. The SMILES string of the molecule is CN(C)c1ccc(NC(=O)CNc2ccccc2)cn1. The second-order valence-electron chi connectivity index (χ2n) is 4.57. The van der Waals surface area contributed by atoms with E-state index in [4.69, 9.17) is 0 Å². The first-order valence-corrected chi connectivity index (χ1v) is 6.37. The van der Waals surface area contributed by atoms with E-state index in [2.05, 4.69) is 15.6 Å². The Morgan fingerprint density at radius 1 is 1.10 bits per heavy atom. The van der Waals surface area contributed by atoms with Crippen molar-refractivity contribution in [3.05, 3.63) is 48.7 Å². The van der Waals surface area contributed by atoms with Crippen molar-refractivity contribution in [2.45, 2.75) is 0 Å². The average Bonchev–Trinajstić information content (AvgIpc) is 2.47. The number of para-hydroxylation sites is 1. The van der Waals surface area contributed by atoms with Crippen molar-refractivity contribution in [2.75, 3.05) is 36.2 Å². The summed E-state index contributed by atoms with van der Waals surface area (Å²) in [4.78, 5) is 17.9. The van der Waals surface area contributed by atoms with E-state index < -0.39 is 0 Å². The van der Waals surface area contributed by atoms with Gasteiger partial charge in [-0.15, -0.1) is 0 Å². The molecule has 2 rings (SSSR count). The summed E-state index contributed by atoms with van der Waals surface area (Å²) < 4.78 is 0. The first-order chi connectivity index (χ1) is 9.65. The van der Waals surface area contributed by atoms with Gasteiger partial charge in [0.2, 0.25) is 5.91 Å². The molecule has 2 aromatic rings. The summed E-state index contributed by atoms with van der Waals surface area (Å²) in [5.41, 5.74) is 1.61. The summed E-state index contributed by atoms with van der Waals surface area (Å²) in [6, 6.07) is 13.3. The van der Waals surface area contributed by atoms with Crippen molar-refractivity contribution in [3.8, 4) is 0 Å². The fourth-order valence-corrected chi connectivity index (χ4v) is 1.67. The number of amides is 1. The number of nitrogens with zero attached hydrogens (tertiary/aromatic N) is 2. The molecule has 20 heavy (non-hydrogen) atoms. The van der Waals surface area contributed by atoms with Crippen LogP contribution in [-0.2, 0) is 4.79 Å². The van der Waals surface area contributed by atoms with E-state index in [1.165, 1.54) is 0 Å². The van der Waals surface area contributed by atoms with Gasteiger partial charge in [0.15, 0.2) is 0 Å². The van der Waals surface area contributed by atoms with E-state index in [-0.39, 0.29) is 12.5 Å². The predicted molar refractivity (Wildman–Crippen MR) is 82.1 cm³/mol. The minimum atomic E-state index is -0.103. The first kappa shape index (κ1) is 13.9. The third-order valence-corrected chi connectivity index (χ3v) is 2.72. The highest BCUT2D eigenvalue weighted by atomic mass is 16.1. The Bertz CT molecular complexity index is 552. The van der Waals surface area contributed by atoms with Crippen molar-refractivity contribution < 1.29 is 4.79 Å². The second-order valence-corrected chi connectivity index (χ2v) is 4.57. The van der Waals surface area contributed by atoms with Gasteiger partial charge in [-0.2, -0.15) is 0 Å². The second kappa shape index (κ2) is 6.56. The van der Waals surface area contributed by atoms with Gasteiger partial charge in [0.1, 0.15) is 5.82 Å². The lowest BCUT2D eigenvalue weighted by atomic mass is 10.3. The number of benzene rings is 1. The van der Waals surface area contributed by atoms with E-state index >= 15 is 0 Å². The van der Waals surface area contributed by atoms with Gasteiger partial charge in [-0.05, 0) is 24.3 Å². The lowest BCUT2D eigenvalue weighted by Crippen LogP contribution is -2.21. The van der Waals surface area contributed by atoms with Gasteiger partial charge in [0.25, 0.3) is 0 Å². The molecule has 0 aliphatic rings. The molecular formula is C15H18N4O. The van der Waals surface area contributed by atoms with E-state index in [0.717, 1.165) is 11.5 Å². The summed E-state index contributed by atoms with van der Waals surface area (Å²) >= 11 is 0. The molecule has 5 nitrogen and oxygen atoms in total. The third-order valence-electron chi connectivity index (χ3n) is 2.72. The maximum atomic E-state index is 11.8. The normalized spacial score (nSPS) is 9.90. The summed E-state index contributed by atoms with van der Waals surface area (Å²) in [6.07, 6.45) is 1.65. The van der Waals surface area contributed by atoms with Crippen LogP contribution in [0.5, 0.6) is 0 Å². The molecule has 0 saturated carbocycles. The van der Waals surface area contributed by atoms with Crippen LogP contribution in [0.15, 0.2) is 48.7 Å². The van der Waals surface area contributed by atoms with Gasteiger partial charge in [0, 0.05) is 19.8 Å². The number of hydrogen-bond donors (Lipinski definition) is 2. The molecule has 0 spiro atoms. The topological polar surface area (TPSA) is 57.3 Å². The number of nitrogens with one attached hydrogen (secondary N) is 2. The minimum Gasteiger partial charge on any atom is -0.376 e. The van der Waals surface area contributed by atoms with Crippen molar-refractivity contribution >= 4 is 23.1 Å². The molecule has 104 valence electrons. The highest BCUT2D eigenvalue weighted by Gasteiger charge is 2.03. The Kier molecular flexibility index (Phi) is 4.55. The maximum Gasteiger partial charge on any atom is 0.243 e. The first-order valence-electron chi connectivity index (χ1n) is 6.37. The fourth-order valence-electron chi connectivity index (χ4n) is 1.67. The van der Waals surface area contributed by atoms with Gasteiger partial charge in [-0.3, -0.25) is 4.79 Å². The Morgan fingerprint density at radius 2 is 1.85 bits per heavy atom. The summed E-state index contributed by atoms with van der Waals surface area (Å²) in [5, 5.41) is 5.85. The molecule has 1 aromatic carbocycles. The van der Waals surface area contributed by atoms with Gasteiger partial charge >= 0.3 is 0 Å². The average molecular weight is 270 g/mol. The molecule has 1 amide bonds. The smallest absolute Gasteiger partial charge is 0.243 e. The summed E-state index contributed by atoms with van der Waals surface area (Å²) in [6.45, 7) is 0.222. The lowest BCUT2D eigenvalue weighted by Gasteiger charge is -2.12.